The molecule has 1 aromatic heterocycles. The topological polar surface area (TPSA) is 38.1 Å². The average molecular weight is 281 g/mol. The minimum absolute atomic E-state index is 0.00949. The lowest BCUT2D eigenvalue weighted by atomic mass is 9.99. The van der Waals surface area contributed by atoms with E-state index in [0.29, 0.717) is 12.5 Å². The van der Waals surface area contributed by atoms with E-state index in [9.17, 15) is 4.79 Å². The van der Waals surface area contributed by atoms with Gasteiger partial charge in [0.05, 0.1) is 11.9 Å². The molecule has 1 atom stereocenters. The van der Waals surface area contributed by atoms with Gasteiger partial charge in [-0.05, 0) is 30.4 Å². The Bertz CT molecular complexity index is 466. The molecule has 1 unspecified atom stereocenters. The van der Waals surface area contributed by atoms with Crippen molar-refractivity contribution in [3.05, 3.63) is 22.6 Å². The second-order valence-corrected chi connectivity index (χ2v) is 6.06. The number of thiol groups is 1. The summed E-state index contributed by atoms with van der Waals surface area (Å²) in [5.74, 6) is 1.91. The molecule has 2 heterocycles. The fourth-order valence-corrected chi connectivity index (χ4v) is 2.47. The van der Waals surface area contributed by atoms with Crippen LogP contribution < -0.4 is 10.5 Å². The highest BCUT2D eigenvalue weighted by atomic mass is 32.1. The fraction of sp³-hybridized carbons (Fsp3) is 0.714. The van der Waals surface area contributed by atoms with E-state index in [1.54, 1.807) is 6.07 Å². The third-order valence-corrected chi connectivity index (χ3v) is 4.42. The lowest BCUT2D eigenvalue weighted by Crippen LogP contribution is -2.35. The van der Waals surface area contributed by atoms with Gasteiger partial charge in [-0.1, -0.05) is 13.8 Å². The van der Waals surface area contributed by atoms with E-state index in [4.69, 9.17) is 0 Å². The van der Waals surface area contributed by atoms with Crippen molar-refractivity contribution in [2.24, 2.45) is 11.8 Å². The van der Waals surface area contributed by atoms with E-state index in [1.807, 2.05) is 6.20 Å². The monoisotopic (exact) mass is 281 g/mol. The molecule has 1 aromatic rings. The van der Waals surface area contributed by atoms with Gasteiger partial charge in [0.2, 0.25) is 0 Å². The SMILES string of the molecule is CC1CCN(c2cnn(CC(C)CS)c(=O)c2)CC1. The molecule has 1 aliphatic rings. The van der Waals surface area contributed by atoms with Crippen molar-refractivity contribution in [2.75, 3.05) is 23.7 Å². The molecule has 4 nitrogen and oxygen atoms in total. The molecule has 19 heavy (non-hydrogen) atoms. The zero-order valence-electron chi connectivity index (χ0n) is 11.7. The Hall–Kier alpha value is -0.970. The zero-order valence-corrected chi connectivity index (χ0v) is 12.6. The smallest absolute Gasteiger partial charge is 0.268 e. The fourth-order valence-electron chi connectivity index (χ4n) is 2.35. The number of piperidine rings is 1. The van der Waals surface area contributed by atoms with Crippen LogP contribution in [0.15, 0.2) is 17.1 Å². The van der Waals surface area contributed by atoms with Crippen molar-refractivity contribution < 1.29 is 0 Å². The molecule has 2 rings (SSSR count). The predicted octanol–water partition coefficient (Wildman–Crippen LogP) is 2.05. The van der Waals surface area contributed by atoms with Crippen molar-refractivity contribution >= 4 is 18.3 Å². The maximum Gasteiger partial charge on any atom is 0.268 e. The normalized spacial score (nSPS) is 18.6. The quantitative estimate of drug-likeness (QED) is 0.858. The molecule has 5 heteroatoms. The summed E-state index contributed by atoms with van der Waals surface area (Å²) in [5.41, 5.74) is 0.955. The highest BCUT2D eigenvalue weighted by Crippen LogP contribution is 2.20. The number of hydrogen-bond donors (Lipinski definition) is 1. The van der Waals surface area contributed by atoms with Gasteiger partial charge >= 0.3 is 0 Å². The minimum atomic E-state index is -0.00949. The predicted molar refractivity (Wildman–Crippen MR) is 82.1 cm³/mol. The van der Waals surface area contributed by atoms with Crippen molar-refractivity contribution in [2.45, 2.75) is 33.2 Å². The largest absolute Gasteiger partial charge is 0.370 e. The summed E-state index contributed by atoms with van der Waals surface area (Å²) in [5, 5.41) is 4.29. The van der Waals surface area contributed by atoms with Gasteiger partial charge in [-0.3, -0.25) is 4.79 Å². The molecule has 0 N–H and O–H groups in total. The number of hydrogen-bond acceptors (Lipinski definition) is 4. The summed E-state index contributed by atoms with van der Waals surface area (Å²) in [6, 6.07) is 1.72. The molecule has 0 aliphatic carbocycles. The number of anilines is 1. The van der Waals surface area contributed by atoms with Crippen LogP contribution >= 0.6 is 12.6 Å². The van der Waals surface area contributed by atoms with Crippen molar-refractivity contribution in [3.63, 3.8) is 0 Å². The van der Waals surface area contributed by atoms with Crippen molar-refractivity contribution in [1.29, 1.82) is 0 Å². The number of rotatable bonds is 4. The van der Waals surface area contributed by atoms with Crippen LogP contribution in [-0.2, 0) is 6.54 Å². The molecule has 0 amide bonds. The Morgan fingerprint density at radius 3 is 2.74 bits per heavy atom. The van der Waals surface area contributed by atoms with E-state index >= 15 is 0 Å². The maximum atomic E-state index is 12.0. The van der Waals surface area contributed by atoms with Gasteiger partial charge in [0, 0.05) is 25.7 Å². The molecular formula is C14H23N3OS. The van der Waals surface area contributed by atoms with Gasteiger partial charge < -0.3 is 4.90 Å². The van der Waals surface area contributed by atoms with E-state index < -0.39 is 0 Å². The van der Waals surface area contributed by atoms with Crippen LogP contribution in [0, 0.1) is 11.8 Å². The van der Waals surface area contributed by atoms with Gasteiger partial charge in [0.25, 0.3) is 5.56 Å². The molecule has 0 saturated carbocycles. The van der Waals surface area contributed by atoms with Crippen LogP contribution in [0.4, 0.5) is 5.69 Å². The maximum absolute atomic E-state index is 12.0. The summed E-state index contributed by atoms with van der Waals surface area (Å²) >= 11 is 4.24. The van der Waals surface area contributed by atoms with E-state index in [0.717, 1.165) is 30.4 Å². The van der Waals surface area contributed by atoms with Gasteiger partial charge in [-0.15, -0.1) is 0 Å². The third-order valence-electron chi connectivity index (χ3n) is 3.80. The Labute approximate surface area is 120 Å². The molecule has 1 fully saturated rings. The van der Waals surface area contributed by atoms with Crippen LogP contribution in [0.2, 0.25) is 0 Å². The van der Waals surface area contributed by atoms with Gasteiger partial charge in [0.1, 0.15) is 0 Å². The summed E-state index contributed by atoms with van der Waals surface area (Å²) in [4.78, 5) is 14.3. The summed E-state index contributed by atoms with van der Waals surface area (Å²) in [6.45, 7) is 7.05. The van der Waals surface area contributed by atoms with Crippen LogP contribution in [0.25, 0.3) is 0 Å². The Balaban J connectivity index is 2.08. The second-order valence-electron chi connectivity index (χ2n) is 5.69. The third kappa shape index (κ3) is 3.75. The van der Waals surface area contributed by atoms with E-state index in [-0.39, 0.29) is 5.56 Å². The highest BCUT2D eigenvalue weighted by molar-refractivity contribution is 7.80. The summed E-state index contributed by atoms with van der Waals surface area (Å²) in [7, 11) is 0. The molecule has 1 aliphatic heterocycles. The van der Waals surface area contributed by atoms with Gasteiger partial charge in [-0.25, -0.2) is 4.68 Å². The standard InChI is InChI=1S/C14H23N3OS/c1-11-3-5-16(6-4-11)13-7-14(18)17(15-8-13)9-12(2)10-19/h7-8,11-12,19H,3-6,9-10H2,1-2H3. The van der Waals surface area contributed by atoms with E-state index in [1.165, 1.54) is 17.5 Å². The second kappa shape index (κ2) is 6.46. The molecule has 1 saturated heterocycles. The Kier molecular flexibility index (Phi) is 4.91. The average Bonchev–Trinajstić information content (AvgIpc) is 2.41. The number of aromatic nitrogens is 2. The van der Waals surface area contributed by atoms with Gasteiger partial charge in [-0.2, -0.15) is 17.7 Å². The van der Waals surface area contributed by atoms with Crippen LogP contribution in [-0.4, -0.2) is 28.6 Å². The molecular weight excluding hydrogens is 258 g/mol. The van der Waals surface area contributed by atoms with Gasteiger partial charge in [0.15, 0.2) is 0 Å². The first-order valence-electron chi connectivity index (χ1n) is 7.03. The first-order chi connectivity index (χ1) is 9.10. The summed E-state index contributed by atoms with van der Waals surface area (Å²) < 4.78 is 1.54. The molecule has 0 bridgehead atoms. The lowest BCUT2D eigenvalue weighted by molar-refractivity contribution is 0.435. The Morgan fingerprint density at radius 1 is 1.47 bits per heavy atom. The van der Waals surface area contributed by atoms with Crippen LogP contribution in [0.3, 0.4) is 0 Å². The lowest BCUT2D eigenvalue weighted by Gasteiger charge is -2.31. The molecule has 0 spiro atoms. The molecule has 106 valence electrons. The van der Waals surface area contributed by atoms with Crippen molar-refractivity contribution in [3.8, 4) is 0 Å². The highest BCUT2D eigenvalue weighted by Gasteiger charge is 2.17. The minimum Gasteiger partial charge on any atom is -0.370 e. The molecule has 0 aromatic carbocycles. The first-order valence-corrected chi connectivity index (χ1v) is 7.66. The Morgan fingerprint density at radius 2 is 2.16 bits per heavy atom. The van der Waals surface area contributed by atoms with E-state index in [2.05, 4.69) is 36.5 Å². The van der Waals surface area contributed by atoms with Crippen molar-refractivity contribution in [1.82, 2.24) is 9.78 Å². The zero-order chi connectivity index (χ0) is 13.8. The first kappa shape index (κ1) is 14.4. The number of nitrogens with zero attached hydrogens (tertiary/aromatic N) is 3. The van der Waals surface area contributed by atoms with Crippen LogP contribution in [0.5, 0.6) is 0 Å². The summed E-state index contributed by atoms with van der Waals surface area (Å²) in [6.07, 6.45) is 4.21. The molecule has 0 radical (unpaired) electrons. The van der Waals surface area contributed by atoms with Crippen LogP contribution in [0.1, 0.15) is 26.7 Å².